The first-order valence-corrected chi connectivity index (χ1v) is 7.54. The number of carboxylic acid groups (broad SMARTS) is 1. The van der Waals surface area contributed by atoms with Gasteiger partial charge in [-0.3, -0.25) is 4.90 Å². The molecule has 1 aliphatic rings. The predicted molar refractivity (Wildman–Crippen MR) is 82.9 cm³/mol. The summed E-state index contributed by atoms with van der Waals surface area (Å²) in [5, 5.41) is 17.8. The van der Waals surface area contributed by atoms with Crippen molar-refractivity contribution in [1.29, 1.82) is 0 Å². The van der Waals surface area contributed by atoms with E-state index in [2.05, 4.69) is 4.90 Å². The molecule has 4 heteroatoms. The van der Waals surface area contributed by atoms with Gasteiger partial charge in [-0.1, -0.05) is 37.1 Å². The molecule has 0 aliphatic heterocycles. The summed E-state index contributed by atoms with van der Waals surface area (Å²) in [7, 11) is 0. The number of hydrogen-bond acceptors (Lipinski definition) is 3. The van der Waals surface area contributed by atoms with Crippen molar-refractivity contribution >= 4 is 12.0 Å². The summed E-state index contributed by atoms with van der Waals surface area (Å²) in [6, 6.07) is 8.51. The van der Waals surface area contributed by atoms with Gasteiger partial charge in [-0.25, -0.2) is 4.79 Å². The molecule has 1 fully saturated rings. The summed E-state index contributed by atoms with van der Waals surface area (Å²) in [4.78, 5) is 12.8. The highest BCUT2D eigenvalue weighted by Gasteiger charge is 2.21. The Balaban J connectivity index is 1.98. The molecular weight excluding hydrogens is 266 g/mol. The molecule has 1 saturated carbocycles. The lowest BCUT2D eigenvalue weighted by atomic mass is 10.1. The van der Waals surface area contributed by atoms with E-state index in [1.807, 2.05) is 24.3 Å². The van der Waals surface area contributed by atoms with E-state index in [0.717, 1.165) is 18.2 Å². The van der Waals surface area contributed by atoms with Gasteiger partial charge >= 0.3 is 5.97 Å². The van der Waals surface area contributed by atoms with Crippen molar-refractivity contribution in [3.8, 4) is 0 Å². The molecule has 0 unspecified atom stereocenters. The van der Waals surface area contributed by atoms with Crippen LogP contribution in [0.25, 0.3) is 6.08 Å². The zero-order valence-electron chi connectivity index (χ0n) is 12.2. The van der Waals surface area contributed by atoms with E-state index < -0.39 is 5.97 Å². The average molecular weight is 289 g/mol. The number of benzene rings is 1. The topological polar surface area (TPSA) is 60.8 Å². The van der Waals surface area contributed by atoms with Crippen LogP contribution in [0.3, 0.4) is 0 Å². The van der Waals surface area contributed by atoms with Gasteiger partial charge < -0.3 is 10.2 Å². The first-order valence-electron chi connectivity index (χ1n) is 7.54. The van der Waals surface area contributed by atoms with Crippen molar-refractivity contribution in [2.45, 2.75) is 38.3 Å². The third-order valence-corrected chi connectivity index (χ3v) is 4.01. The molecule has 114 valence electrons. The number of carboxylic acids is 1. The quantitative estimate of drug-likeness (QED) is 0.757. The summed E-state index contributed by atoms with van der Waals surface area (Å²) in [6.07, 6.45) is 7.75. The minimum absolute atomic E-state index is 0.190. The molecule has 1 aromatic rings. The van der Waals surface area contributed by atoms with Crippen molar-refractivity contribution in [3.63, 3.8) is 0 Å². The lowest BCUT2D eigenvalue weighted by Crippen LogP contribution is -2.35. The van der Waals surface area contributed by atoms with Crippen molar-refractivity contribution in [3.05, 3.63) is 41.5 Å². The molecule has 0 saturated heterocycles. The lowest BCUT2D eigenvalue weighted by molar-refractivity contribution is -0.131. The Morgan fingerprint density at radius 1 is 1.24 bits per heavy atom. The van der Waals surface area contributed by atoms with Gasteiger partial charge in [0, 0.05) is 25.2 Å². The minimum atomic E-state index is -0.936. The van der Waals surface area contributed by atoms with E-state index in [1.165, 1.54) is 31.2 Å². The molecule has 0 amide bonds. The molecule has 21 heavy (non-hydrogen) atoms. The molecular formula is C17H23NO3. The van der Waals surface area contributed by atoms with Crippen LogP contribution in [0.2, 0.25) is 0 Å². The Morgan fingerprint density at radius 3 is 2.48 bits per heavy atom. The molecule has 0 heterocycles. The Morgan fingerprint density at radius 2 is 1.90 bits per heavy atom. The predicted octanol–water partition coefficient (Wildman–Crippen LogP) is 2.52. The maximum absolute atomic E-state index is 10.5. The molecule has 2 N–H and O–H groups in total. The number of carbonyl (C=O) groups is 1. The van der Waals surface area contributed by atoms with E-state index in [1.54, 1.807) is 6.08 Å². The zero-order chi connectivity index (χ0) is 15.1. The Labute approximate surface area is 125 Å². The van der Waals surface area contributed by atoms with Gasteiger partial charge in [0.15, 0.2) is 0 Å². The standard InChI is InChI=1S/C17H23NO3/c19-12-11-18(16-3-1-2-4-16)13-15-7-5-14(6-8-15)9-10-17(20)21/h5-10,16,19H,1-4,11-13H2,(H,20,21). The van der Waals surface area contributed by atoms with Gasteiger partial charge in [-0.2, -0.15) is 0 Å². The maximum atomic E-state index is 10.5. The van der Waals surface area contributed by atoms with Crippen LogP contribution in [0.5, 0.6) is 0 Å². The van der Waals surface area contributed by atoms with Crippen LogP contribution in [0.15, 0.2) is 30.3 Å². The summed E-state index contributed by atoms with van der Waals surface area (Å²) in [6.45, 7) is 1.75. The Bertz CT molecular complexity index is 475. The maximum Gasteiger partial charge on any atom is 0.328 e. The van der Waals surface area contributed by atoms with Crippen LogP contribution in [0.4, 0.5) is 0 Å². The normalized spacial score (nSPS) is 16.1. The highest BCUT2D eigenvalue weighted by atomic mass is 16.4. The molecule has 2 rings (SSSR count). The molecule has 4 nitrogen and oxygen atoms in total. The van der Waals surface area contributed by atoms with Gasteiger partial charge in [0.2, 0.25) is 0 Å². The summed E-state index contributed by atoms with van der Waals surface area (Å²) < 4.78 is 0. The van der Waals surface area contributed by atoms with Crippen LogP contribution in [-0.4, -0.2) is 40.3 Å². The summed E-state index contributed by atoms with van der Waals surface area (Å²) in [5.74, 6) is -0.936. The number of nitrogens with zero attached hydrogens (tertiary/aromatic N) is 1. The smallest absolute Gasteiger partial charge is 0.328 e. The van der Waals surface area contributed by atoms with Crippen LogP contribution in [0, 0.1) is 0 Å². The molecule has 0 spiro atoms. The largest absolute Gasteiger partial charge is 0.478 e. The number of aliphatic carboxylic acids is 1. The Kier molecular flexibility index (Phi) is 5.96. The van der Waals surface area contributed by atoms with Gasteiger partial charge in [-0.15, -0.1) is 0 Å². The molecule has 0 atom stereocenters. The Hall–Kier alpha value is -1.65. The zero-order valence-corrected chi connectivity index (χ0v) is 12.2. The van der Waals surface area contributed by atoms with Crippen LogP contribution >= 0.6 is 0 Å². The van der Waals surface area contributed by atoms with E-state index in [0.29, 0.717) is 12.6 Å². The molecule has 1 aliphatic carbocycles. The van der Waals surface area contributed by atoms with Gasteiger partial charge in [0.05, 0.1) is 6.61 Å². The monoisotopic (exact) mass is 289 g/mol. The SMILES string of the molecule is O=C(O)C=Cc1ccc(CN(CCO)C2CCCC2)cc1. The number of rotatable bonds is 7. The third-order valence-electron chi connectivity index (χ3n) is 4.01. The molecule has 1 aromatic carbocycles. The van der Waals surface area contributed by atoms with Gasteiger partial charge in [0.25, 0.3) is 0 Å². The van der Waals surface area contributed by atoms with E-state index in [4.69, 9.17) is 5.11 Å². The van der Waals surface area contributed by atoms with Crippen LogP contribution < -0.4 is 0 Å². The fraction of sp³-hybridized carbons (Fsp3) is 0.471. The van der Waals surface area contributed by atoms with E-state index in [-0.39, 0.29) is 6.61 Å². The van der Waals surface area contributed by atoms with Crippen LogP contribution in [0.1, 0.15) is 36.8 Å². The second-order valence-electron chi connectivity index (χ2n) is 5.55. The van der Waals surface area contributed by atoms with E-state index in [9.17, 15) is 9.90 Å². The average Bonchev–Trinajstić information content (AvgIpc) is 3.00. The third kappa shape index (κ3) is 4.99. The highest BCUT2D eigenvalue weighted by molar-refractivity contribution is 5.85. The number of aliphatic hydroxyl groups excluding tert-OH is 1. The van der Waals surface area contributed by atoms with E-state index >= 15 is 0 Å². The van der Waals surface area contributed by atoms with Crippen molar-refractivity contribution in [1.82, 2.24) is 4.90 Å². The summed E-state index contributed by atoms with van der Waals surface area (Å²) in [5.41, 5.74) is 2.08. The number of aliphatic hydroxyl groups is 1. The lowest BCUT2D eigenvalue weighted by Gasteiger charge is -2.28. The second-order valence-corrected chi connectivity index (χ2v) is 5.55. The van der Waals surface area contributed by atoms with Crippen molar-refractivity contribution < 1.29 is 15.0 Å². The highest BCUT2D eigenvalue weighted by Crippen LogP contribution is 2.24. The van der Waals surface area contributed by atoms with Crippen molar-refractivity contribution in [2.24, 2.45) is 0 Å². The molecule has 0 radical (unpaired) electrons. The van der Waals surface area contributed by atoms with Crippen molar-refractivity contribution in [2.75, 3.05) is 13.2 Å². The first kappa shape index (κ1) is 15.7. The number of hydrogen-bond donors (Lipinski definition) is 2. The minimum Gasteiger partial charge on any atom is -0.478 e. The van der Waals surface area contributed by atoms with Gasteiger partial charge in [-0.05, 0) is 30.0 Å². The molecule has 0 bridgehead atoms. The molecule has 0 aromatic heterocycles. The summed E-state index contributed by atoms with van der Waals surface area (Å²) >= 11 is 0. The van der Waals surface area contributed by atoms with Gasteiger partial charge in [0.1, 0.15) is 0 Å². The van der Waals surface area contributed by atoms with Crippen LogP contribution in [-0.2, 0) is 11.3 Å². The fourth-order valence-corrected chi connectivity index (χ4v) is 2.92. The fourth-order valence-electron chi connectivity index (χ4n) is 2.92. The second kappa shape index (κ2) is 7.96. The first-order chi connectivity index (χ1) is 10.2.